The summed E-state index contributed by atoms with van der Waals surface area (Å²) in [6, 6.07) is 19.9. The Morgan fingerprint density at radius 2 is 1.77 bits per heavy atom. The van der Waals surface area contributed by atoms with Gasteiger partial charge in [0.15, 0.2) is 17.3 Å². The molecule has 5 N–H and O–H groups in total. The van der Waals surface area contributed by atoms with Crippen LogP contribution in [0.5, 0.6) is 11.5 Å². The van der Waals surface area contributed by atoms with Gasteiger partial charge in [-0.05, 0) is 42.2 Å². The predicted molar refractivity (Wildman–Crippen MR) is 149 cm³/mol. The number of carbonyl (C=O) groups excluding carboxylic acids is 1. The number of benzene rings is 3. The number of aliphatic hydroxyl groups excluding tert-OH is 1. The number of nitrogens with two attached hydrogens (primary N) is 2. The summed E-state index contributed by atoms with van der Waals surface area (Å²) >= 11 is 0. The van der Waals surface area contributed by atoms with E-state index in [1.54, 1.807) is 36.4 Å². The van der Waals surface area contributed by atoms with Crippen molar-refractivity contribution in [2.75, 3.05) is 18.3 Å². The average molecular weight is 521 g/mol. The maximum absolute atomic E-state index is 12.7. The van der Waals surface area contributed by atoms with E-state index >= 15 is 0 Å². The van der Waals surface area contributed by atoms with Crippen molar-refractivity contribution in [1.82, 2.24) is 9.97 Å². The Morgan fingerprint density at radius 1 is 1.03 bits per heavy atom. The number of ketones is 1. The number of hydrogen-bond donors (Lipinski definition) is 3. The number of hydrogen-bond acceptors (Lipinski definition) is 8. The van der Waals surface area contributed by atoms with E-state index in [-0.39, 0.29) is 30.3 Å². The summed E-state index contributed by atoms with van der Waals surface area (Å²) in [6.45, 7) is 4.07. The molecular weight excluding hydrogens is 492 g/mol. The topological polar surface area (TPSA) is 134 Å². The first-order valence-electron chi connectivity index (χ1n) is 12.6. The molecule has 0 aliphatic carbocycles. The maximum atomic E-state index is 12.7. The standard InChI is InChI=1S/C31H28N4O4/c1-3-25-23(30(32)35-31(33)34-25)14-9-18(2)22-15-24(29-26(16-22)38-17-39-29)19-10-12-21(13-11-19)28(37)27(36)20-7-5-4-6-8-20/h4-8,10-13,15-16,18,28,37H,3,17H2,1-2H3,(H4,32,33,34,35)/t18?,28-/m1/s1. The molecule has 0 saturated heterocycles. The minimum atomic E-state index is -1.26. The second kappa shape index (κ2) is 10.9. The van der Waals surface area contributed by atoms with Crippen LogP contribution in [-0.2, 0) is 6.42 Å². The normalized spacial score (nSPS) is 13.3. The van der Waals surface area contributed by atoms with E-state index in [1.807, 2.05) is 44.2 Å². The molecule has 0 spiro atoms. The quantitative estimate of drug-likeness (QED) is 0.247. The summed E-state index contributed by atoms with van der Waals surface area (Å²) in [5.41, 5.74) is 16.7. The zero-order valence-electron chi connectivity index (χ0n) is 21.6. The Hall–Kier alpha value is -4.87. The molecule has 4 aromatic rings. The molecule has 1 unspecified atom stereocenters. The van der Waals surface area contributed by atoms with Crippen LogP contribution < -0.4 is 20.9 Å². The van der Waals surface area contributed by atoms with Crippen LogP contribution in [-0.4, -0.2) is 27.7 Å². The number of fused-ring (bicyclic) bond motifs is 1. The molecule has 8 heteroatoms. The number of aliphatic hydroxyl groups is 1. The third-order valence-corrected chi connectivity index (χ3v) is 6.62. The Balaban J connectivity index is 1.45. The molecule has 2 atom stereocenters. The fourth-order valence-electron chi connectivity index (χ4n) is 4.45. The lowest BCUT2D eigenvalue weighted by Gasteiger charge is -2.14. The molecule has 2 heterocycles. The molecule has 3 aromatic carbocycles. The molecule has 0 fully saturated rings. The molecule has 0 amide bonds. The van der Waals surface area contributed by atoms with Crippen molar-refractivity contribution < 1.29 is 19.4 Å². The van der Waals surface area contributed by atoms with E-state index in [4.69, 9.17) is 20.9 Å². The van der Waals surface area contributed by atoms with Gasteiger partial charge in [-0.2, -0.15) is 4.98 Å². The van der Waals surface area contributed by atoms with Gasteiger partial charge in [-0.15, -0.1) is 0 Å². The van der Waals surface area contributed by atoms with Gasteiger partial charge in [0.05, 0.1) is 11.3 Å². The van der Waals surface area contributed by atoms with Gasteiger partial charge in [-0.1, -0.05) is 73.4 Å². The van der Waals surface area contributed by atoms with Gasteiger partial charge >= 0.3 is 0 Å². The fraction of sp³-hybridized carbons (Fsp3) is 0.194. The van der Waals surface area contributed by atoms with E-state index in [0.717, 1.165) is 16.7 Å². The number of anilines is 2. The average Bonchev–Trinajstić information content (AvgIpc) is 3.44. The lowest BCUT2D eigenvalue weighted by molar-refractivity contribution is 0.0747. The highest BCUT2D eigenvalue weighted by Crippen LogP contribution is 2.44. The van der Waals surface area contributed by atoms with Crippen molar-refractivity contribution in [2.24, 2.45) is 0 Å². The van der Waals surface area contributed by atoms with Crippen molar-refractivity contribution in [3.8, 4) is 34.5 Å². The van der Waals surface area contributed by atoms with Crippen molar-refractivity contribution in [2.45, 2.75) is 32.3 Å². The molecule has 196 valence electrons. The van der Waals surface area contributed by atoms with Crippen LogP contribution in [0.1, 0.15) is 58.6 Å². The van der Waals surface area contributed by atoms with Crippen LogP contribution in [0, 0.1) is 11.8 Å². The number of aryl methyl sites for hydroxylation is 1. The lowest BCUT2D eigenvalue weighted by Crippen LogP contribution is -2.12. The summed E-state index contributed by atoms with van der Waals surface area (Å²) in [6.07, 6.45) is -0.628. The summed E-state index contributed by atoms with van der Waals surface area (Å²) < 4.78 is 11.5. The minimum Gasteiger partial charge on any atom is -0.454 e. The minimum absolute atomic E-state index is 0.118. The molecule has 1 aliphatic rings. The smallest absolute Gasteiger partial charge is 0.231 e. The van der Waals surface area contributed by atoms with Crippen LogP contribution in [0.25, 0.3) is 11.1 Å². The van der Waals surface area contributed by atoms with E-state index in [0.29, 0.717) is 40.3 Å². The number of Topliss-reactive ketones (excluding diaryl/α,β-unsaturated/α-hetero) is 1. The second-order valence-electron chi connectivity index (χ2n) is 9.19. The molecule has 0 bridgehead atoms. The van der Waals surface area contributed by atoms with Crippen molar-refractivity contribution in [1.29, 1.82) is 0 Å². The Bertz CT molecular complexity index is 1590. The number of carbonyl (C=O) groups is 1. The van der Waals surface area contributed by atoms with Gasteiger partial charge in [0.25, 0.3) is 0 Å². The summed E-state index contributed by atoms with van der Waals surface area (Å²) in [4.78, 5) is 21.0. The van der Waals surface area contributed by atoms with Gasteiger partial charge in [0.1, 0.15) is 11.9 Å². The first-order valence-corrected chi connectivity index (χ1v) is 12.6. The van der Waals surface area contributed by atoms with Gasteiger partial charge < -0.3 is 26.0 Å². The SMILES string of the molecule is CCc1nc(N)nc(N)c1C#CC(C)c1cc2c(c(-c3ccc([C@@H](O)C(=O)c4ccccc4)cc3)c1)OCO2. The molecule has 5 rings (SSSR count). The van der Waals surface area contributed by atoms with Crippen LogP contribution in [0.15, 0.2) is 66.7 Å². The largest absolute Gasteiger partial charge is 0.454 e. The number of rotatable bonds is 6. The van der Waals surface area contributed by atoms with Crippen LogP contribution in [0.4, 0.5) is 11.8 Å². The first-order chi connectivity index (χ1) is 18.9. The second-order valence-corrected chi connectivity index (χ2v) is 9.19. The van der Waals surface area contributed by atoms with Crippen molar-refractivity contribution in [3.63, 3.8) is 0 Å². The van der Waals surface area contributed by atoms with Gasteiger partial charge in [-0.3, -0.25) is 4.79 Å². The van der Waals surface area contributed by atoms with Crippen molar-refractivity contribution in [3.05, 3.63) is 94.7 Å². The van der Waals surface area contributed by atoms with E-state index in [2.05, 4.69) is 21.8 Å². The molecule has 1 aromatic heterocycles. The van der Waals surface area contributed by atoms with Gasteiger partial charge in [0, 0.05) is 17.0 Å². The number of aromatic nitrogens is 2. The molecule has 0 radical (unpaired) electrons. The summed E-state index contributed by atoms with van der Waals surface area (Å²) in [5.74, 6) is 7.52. The third kappa shape index (κ3) is 5.26. The van der Waals surface area contributed by atoms with Crippen LogP contribution in [0.2, 0.25) is 0 Å². The zero-order valence-corrected chi connectivity index (χ0v) is 21.6. The number of nitrogens with zero attached hydrogens (tertiary/aromatic N) is 2. The summed E-state index contributed by atoms with van der Waals surface area (Å²) in [5, 5.41) is 10.7. The third-order valence-electron chi connectivity index (χ3n) is 6.62. The van der Waals surface area contributed by atoms with Crippen LogP contribution >= 0.6 is 0 Å². The summed E-state index contributed by atoms with van der Waals surface area (Å²) in [7, 11) is 0. The Kier molecular flexibility index (Phi) is 7.17. The molecule has 8 nitrogen and oxygen atoms in total. The Morgan fingerprint density at radius 3 is 2.49 bits per heavy atom. The van der Waals surface area contributed by atoms with Gasteiger partial charge in [-0.25, -0.2) is 4.98 Å². The maximum Gasteiger partial charge on any atom is 0.231 e. The highest BCUT2D eigenvalue weighted by molar-refractivity contribution is 5.99. The molecular formula is C31H28N4O4. The molecule has 1 aliphatic heterocycles. The Labute approximate surface area is 226 Å². The van der Waals surface area contributed by atoms with Gasteiger partial charge in [0.2, 0.25) is 12.7 Å². The molecule has 39 heavy (non-hydrogen) atoms. The van der Waals surface area contributed by atoms with Crippen LogP contribution in [0.3, 0.4) is 0 Å². The van der Waals surface area contributed by atoms with E-state index in [1.165, 1.54) is 0 Å². The highest BCUT2D eigenvalue weighted by atomic mass is 16.7. The number of nitrogen functional groups attached to an aromatic ring is 2. The zero-order chi connectivity index (χ0) is 27.5. The fourth-order valence-corrected chi connectivity index (χ4v) is 4.45. The molecule has 0 saturated carbocycles. The highest BCUT2D eigenvalue weighted by Gasteiger charge is 2.23. The predicted octanol–water partition coefficient (Wildman–Crippen LogP) is 4.67. The first kappa shape index (κ1) is 25.8. The van der Waals surface area contributed by atoms with E-state index in [9.17, 15) is 9.90 Å². The monoisotopic (exact) mass is 520 g/mol. The van der Waals surface area contributed by atoms with E-state index < -0.39 is 6.10 Å². The van der Waals surface area contributed by atoms with Crippen molar-refractivity contribution >= 4 is 17.5 Å². The number of ether oxygens (including phenoxy) is 2. The lowest BCUT2D eigenvalue weighted by atomic mass is 9.93.